The van der Waals surface area contributed by atoms with E-state index < -0.39 is 0 Å². The highest BCUT2D eigenvalue weighted by Crippen LogP contribution is 2.36. The lowest BCUT2D eigenvalue weighted by atomic mass is 10.1. The summed E-state index contributed by atoms with van der Waals surface area (Å²) in [5, 5.41) is 1.74. The molecule has 1 aromatic carbocycles. The summed E-state index contributed by atoms with van der Waals surface area (Å²) in [5.74, 6) is 0.859. The topological polar surface area (TPSA) is 33.5 Å². The average Bonchev–Trinajstić information content (AvgIpc) is 3.39. The maximum atomic E-state index is 12.0. The minimum absolute atomic E-state index is 0.265. The van der Waals surface area contributed by atoms with Gasteiger partial charge in [0.25, 0.3) is 0 Å². The molecule has 2 saturated carbocycles. The molecule has 0 amide bonds. The van der Waals surface area contributed by atoms with Crippen molar-refractivity contribution in [2.45, 2.75) is 51.6 Å². The Bertz CT molecular complexity index is 790. The minimum Gasteiger partial charge on any atom is -0.423 e. The molecule has 0 N–H and O–H groups in total. The van der Waals surface area contributed by atoms with E-state index in [0.717, 1.165) is 47.0 Å². The van der Waals surface area contributed by atoms with E-state index in [4.69, 9.17) is 16.0 Å². The van der Waals surface area contributed by atoms with E-state index in [1.165, 1.54) is 25.7 Å². The van der Waals surface area contributed by atoms with Gasteiger partial charge in [-0.3, -0.25) is 4.90 Å². The number of halogens is 1. The summed E-state index contributed by atoms with van der Waals surface area (Å²) < 4.78 is 5.42. The standard InChI is InChI=1S/C19H22ClNO2/c1-2-13-7-18-16(9-17(13)20)14(8-19(22)23-18)11-21(15-5-6-15)10-12-3-4-12/h7-9,12,15H,2-6,10-11H2,1H3. The van der Waals surface area contributed by atoms with Crippen molar-refractivity contribution in [3.63, 3.8) is 0 Å². The molecule has 3 nitrogen and oxygen atoms in total. The van der Waals surface area contributed by atoms with Crippen LogP contribution in [-0.4, -0.2) is 17.5 Å². The van der Waals surface area contributed by atoms with Crippen molar-refractivity contribution in [3.8, 4) is 0 Å². The fourth-order valence-electron chi connectivity index (χ4n) is 3.32. The molecule has 0 radical (unpaired) electrons. The molecular formula is C19H22ClNO2. The summed E-state index contributed by atoms with van der Waals surface area (Å²) in [5.41, 5.74) is 2.47. The molecule has 0 bridgehead atoms. The fraction of sp³-hybridized carbons (Fsp3) is 0.526. The van der Waals surface area contributed by atoms with Gasteiger partial charge in [-0.1, -0.05) is 18.5 Å². The third-order valence-electron chi connectivity index (χ3n) is 5.00. The van der Waals surface area contributed by atoms with E-state index >= 15 is 0 Å². The van der Waals surface area contributed by atoms with Gasteiger partial charge in [0.1, 0.15) is 5.58 Å². The number of hydrogen-bond donors (Lipinski definition) is 0. The van der Waals surface area contributed by atoms with Crippen LogP contribution in [0, 0.1) is 5.92 Å². The summed E-state index contributed by atoms with van der Waals surface area (Å²) in [6, 6.07) is 6.23. The minimum atomic E-state index is -0.265. The van der Waals surface area contributed by atoms with Crippen LogP contribution in [0.4, 0.5) is 0 Å². The van der Waals surface area contributed by atoms with Gasteiger partial charge in [-0.05, 0) is 61.3 Å². The van der Waals surface area contributed by atoms with Crippen LogP contribution in [-0.2, 0) is 13.0 Å². The molecule has 0 aliphatic heterocycles. The molecule has 2 aliphatic rings. The normalized spacial score (nSPS) is 18.0. The number of nitrogens with zero attached hydrogens (tertiary/aromatic N) is 1. The van der Waals surface area contributed by atoms with Crippen LogP contribution in [0.1, 0.15) is 43.7 Å². The zero-order chi connectivity index (χ0) is 16.0. The SMILES string of the molecule is CCc1cc2oc(=O)cc(CN(CC3CC3)C3CC3)c2cc1Cl. The van der Waals surface area contributed by atoms with Gasteiger partial charge in [0.2, 0.25) is 0 Å². The van der Waals surface area contributed by atoms with Gasteiger partial charge < -0.3 is 4.42 Å². The third-order valence-corrected chi connectivity index (χ3v) is 5.36. The van der Waals surface area contributed by atoms with E-state index in [0.29, 0.717) is 11.6 Å². The van der Waals surface area contributed by atoms with Crippen molar-refractivity contribution < 1.29 is 4.42 Å². The van der Waals surface area contributed by atoms with Gasteiger partial charge in [0.05, 0.1) is 0 Å². The van der Waals surface area contributed by atoms with Crippen molar-refractivity contribution in [1.82, 2.24) is 4.90 Å². The quantitative estimate of drug-likeness (QED) is 0.736. The fourth-order valence-corrected chi connectivity index (χ4v) is 3.62. The van der Waals surface area contributed by atoms with Gasteiger partial charge >= 0.3 is 5.63 Å². The van der Waals surface area contributed by atoms with Crippen LogP contribution in [0.2, 0.25) is 5.02 Å². The Morgan fingerprint density at radius 2 is 1.96 bits per heavy atom. The van der Waals surface area contributed by atoms with Gasteiger partial charge in [0, 0.05) is 35.6 Å². The highest BCUT2D eigenvalue weighted by Gasteiger charge is 2.33. The van der Waals surface area contributed by atoms with Crippen molar-refractivity contribution in [1.29, 1.82) is 0 Å². The molecule has 4 rings (SSSR count). The van der Waals surface area contributed by atoms with Gasteiger partial charge in [-0.2, -0.15) is 0 Å². The molecule has 2 aliphatic carbocycles. The van der Waals surface area contributed by atoms with Crippen LogP contribution in [0.15, 0.2) is 27.4 Å². The summed E-state index contributed by atoms with van der Waals surface area (Å²) in [7, 11) is 0. The van der Waals surface area contributed by atoms with Crippen molar-refractivity contribution >= 4 is 22.6 Å². The van der Waals surface area contributed by atoms with Crippen LogP contribution in [0.5, 0.6) is 0 Å². The largest absolute Gasteiger partial charge is 0.423 e. The lowest BCUT2D eigenvalue weighted by Crippen LogP contribution is -2.28. The number of hydrogen-bond acceptors (Lipinski definition) is 3. The second kappa shape index (κ2) is 5.95. The smallest absolute Gasteiger partial charge is 0.336 e. The summed E-state index contributed by atoms with van der Waals surface area (Å²) in [6.45, 7) is 4.04. The Kier molecular flexibility index (Phi) is 3.94. The second-order valence-corrected chi connectivity index (χ2v) is 7.40. The van der Waals surface area contributed by atoms with E-state index in [-0.39, 0.29) is 5.63 Å². The Morgan fingerprint density at radius 1 is 1.17 bits per heavy atom. The van der Waals surface area contributed by atoms with Crippen LogP contribution in [0.3, 0.4) is 0 Å². The maximum absolute atomic E-state index is 12.0. The molecular weight excluding hydrogens is 310 g/mol. The maximum Gasteiger partial charge on any atom is 0.336 e. The number of benzene rings is 1. The molecule has 23 heavy (non-hydrogen) atoms. The number of aryl methyl sites for hydroxylation is 1. The van der Waals surface area contributed by atoms with Crippen LogP contribution < -0.4 is 5.63 Å². The monoisotopic (exact) mass is 331 g/mol. The lowest BCUT2D eigenvalue weighted by molar-refractivity contribution is 0.244. The van der Waals surface area contributed by atoms with Crippen molar-refractivity contribution in [2.75, 3.05) is 6.54 Å². The summed E-state index contributed by atoms with van der Waals surface area (Å²) >= 11 is 6.39. The zero-order valence-corrected chi connectivity index (χ0v) is 14.2. The Balaban J connectivity index is 1.72. The molecule has 2 aromatic rings. The first-order valence-corrected chi connectivity index (χ1v) is 9.01. The lowest BCUT2D eigenvalue weighted by Gasteiger charge is -2.22. The van der Waals surface area contributed by atoms with E-state index in [1.54, 1.807) is 6.07 Å². The first-order chi connectivity index (χ1) is 11.1. The second-order valence-electron chi connectivity index (χ2n) is 6.99. The molecule has 0 spiro atoms. The van der Waals surface area contributed by atoms with Gasteiger partial charge in [-0.15, -0.1) is 0 Å². The van der Waals surface area contributed by atoms with Gasteiger partial charge in [0.15, 0.2) is 0 Å². The Morgan fingerprint density at radius 3 is 2.61 bits per heavy atom. The van der Waals surface area contributed by atoms with E-state index in [1.807, 2.05) is 12.1 Å². The number of rotatable bonds is 6. The summed E-state index contributed by atoms with van der Waals surface area (Å²) in [4.78, 5) is 14.5. The highest BCUT2D eigenvalue weighted by atomic mass is 35.5. The Hall–Kier alpha value is -1.32. The average molecular weight is 332 g/mol. The van der Waals surface area contributed by atoms with Gasteiger partial charge in [-0.25, -0.2) is 4.79 Å². The predicted octanol–water partition coefficient (Wildman–Crippen LogP) is 4.38. The van der Waals surface area contributed by atoms with Crippen LogP contribution >= 0.6 is 11.6 Å². The predicted molar refractivity (Wildman–Crippen MR) is 93.0 cm³/mol. The molecule has 0 unspecified atom stereocenters. The molecule has 4 heteroatoms. The first-order valence-electron chi connectivity index (χ1n) is 8.63. The molecule has 2 fully saturated rings. The molecule has 1 aromatic heterocycles. The highest BCUT2D eigenvalue weighted by molar-refractivity contribution is 6.32. The zero-order valence-electron chi connectivity index (χ0n) is 13.5. The van der Waals surface area contributed by atoms with E-state index in [9.17, 15) is 4.79 Å². The molecule has 0 atom stereocenters. The molecule has 122 valence electrons. The first kappa shape index (κ1) is 15.2. The van der Waals surface area contributed by atoms with Crippen molar-refractivity contribution in [3.05, 3.63) is 44.8 Å². The molecule has 0 saturated heterocycles. The Labute approximate surface area is 141 Å². The van der Waals surface area contributed by atoms with E-state index in [2.05, 4.69) is 11.8 Å². The third kappa shape index (κ3) is 3.31. The van der Waals surface area contributed by atoms with Crippen molar-refractivity contribution in [2.24, 2.45) is 5.92 Å². The molecule has 1 heterocycles. The van der Waals surface area contributed by atoms with Crippen LogP contribution in [0.25, 0.3) is 11.0 Å². The number of fused-ring (bicyclic) bond motifs is 1. The summed E-state index contributed by atoms with van der Waals surface area (Å²) in [6.07, 6.45) is 6.11.